The summed E-state index contributed by atoms with van der Waals surface area (Å²) in [6, 6.07) is 0. The summed E-state index contributed by atoms with van der Waals surface area (Å²) < 4.78 is 0. The molecule has 1 fully saturated rings. The monoisotopic (exact) mass is 156 g/mol. The van der Waals surface area contributed by atoms with Gasteiger partial charge in [0, 0.05) is 12.0 Å². The molecule has 1 rings (SSSR count). The molecule has 1 heterocycles. The second-order valence-corrected chi connectivity index (χ2v) is 3.51. The van der Waals surface area contributed by atoms with Gasteiger partial charge in [0.15, 0.2) is 0 Å². The smallest absolute Gasteiger partial charge is 0.135 e. The zero-order valence-electron chi connectivity index (χ0n) is 6.51. The van der Waals surface area contributed by atoms with Gasteiger partial charge in [0.05, 0.1) is 5.37 Å². The highest BCUT2D eigenvalue weighted by Gasteiger charge is 2.19. The Balaban J connectivity index is 2.77. The number of amidine groups is 1. The minimum absolute atomic E-state index is 0.477. The third-order valence-corrected chi connectivity index (χ3v) is 2.52. The van der Waals surface area contributed by atoms with Gasteiger partial charge in [0.1, 0.15) is 5.84 Å². The zero-order valence-corrected chi connectivity index (χ0v) is 7.33. The van der Waals surface area contributed by atoms with E-state index in [-0.39, 0.29) is 0 Å². The van der Waals surface area contributed by atoms with Crippen LogP contribution >= 0.6 is 11.8 Å². The molecule has 2 nitrogen and oxygen atoms in total. The molecule has 1 atom stereocenters. The van der Waals surface area contributed by atoms with E-state index >= 15 is 0 Å². The average molecular weight is 156 g/mol. The van der Waals surface area contributed by atoms with Crippen LogP contribution in [0.4, 0.5) is 0 Å². The maximum absolute atomic E-state index is 4.11. The van der Waals surface area contributed by atoms with E-state index in [0.717, 1.165) is 5.84 Å². The van der Waals surface area contributed by atoms with Gasteiger partial charge in [-0.15, -0.1) is 0 Å². The Labute approximate surface area is 65.8 Å². The molecule has 0 aromatic rings. The van der Waals surface area contributed by atoms with E-state index in [9.17, 15) is 0 Å². The molecule has 0 radical (unpaired) electrons. The van der Waals surface area contributed by atoms with Crippen LogP contribution in [0.5, 0.6) is 0 Å². The first-order valence-corrected chi connectivity index (χ1v) is 4.22. The largest absolute Gasteiger partial charge is 0.358 e. The number of allylic oxidation sites excluding steroid dienone is 1. The minimum Gasteiger partial charge on any atom is -0.358 e. The van der Waals surface area contributed by atoms with Crippen molar-refractivity contribution in [2.24, 2.45) is 4.99 Å². The molecule has 0 saturated carbocycles. The van der Waals surface area contributed by atoms with Crippen molar-refractivity contribution in [3.8, 4) is 0 Å². The molecule has 0 spiro atoms. The van der Waals surface area contributed by atoms with Gasteiger partial charge < -0.3 is 5.32 Å². The van der Waals surface area contributed by atoms with Crippen LogP contribution in [0.3, 0.4) is 0 Å². The second kappa shape index (κ2) is 3.10. The van der Waals surface area contributed by atoms with E-state index in [1.54, 1.807) is 0 Å². The molecule has 0 bridgehead atoms. The van der Waals surface area contributed by atoms with Crippen LogP contribution in [0, 0.1) is 0 Å². The quantitative estimate of drug-likeness (QED) is 0.576. The summed E-state index contributed by atoms with van der Waals surface area (Å²) in [5, 5.41) is 3.73. The van der Waals surface area contributed by atoms with Crippen molar-refractivity contribution in [2.75, 3.05) is 7.05 Å². The maximum atomic E-state index is 4.11. The highest BCUT2D eigenvalue weighted by atomic mass is 32.2. The summed E-state index contributed by atoms with van der Waals surface area (Å²) in [6.45, 7) is 4.17. The SMILES string of the molecule is C/C=C1/S[C@@H](C)N/C1=N/C. The van der Waals surface area contributed by atoms with Crippen LogP contribution in [0.25, 0.3) is 0 Å². The van der Waals surface area contributed by atoms with Crippen LogP contribution in [0.1, 0.15) is 13.8 Å². The predicted molar refractivity (Wildman–Crippen MR) is 47.3 cm³/mol. The van der Waals surface area contributed by atoms with Crippen molar-refractivity contribution in [3.63, 3.8) is 0 Å². The lowest BCUT2D eigenvalue weighted by Crippen LogP contribution is -2.21. The molecule has 3 heteroatoms. The number of nitrogens with one attached hydrogen (secondary N) is 1. The van der Waals surface area contributed by atoms with Crippen molar-refractivity contribution in [3.05, 3.63) is 11.0 Å². The Morgan fingerprint density at radius 2 is 2.40 bits per heavy atom. The van der Waals surface area contributed by atoms with E-state index in [4.69, 9.17) is 0 Å². The highest BCUT2D eigenvalue weighted by molar-refractivity contribution is 8.05. The Bertz CT molecular complexity index is 164. The van der Waals surface area contributed by atoms with Crippen LogP contribution in [-0.2, 0) is 0 Å². The first-order chi connectivity index (χ1) is 4.77. The molecule has 1 aliphatic heterocycles. The first kappa shape index (κ1) is 7.66. The molecule has 0 unspecified atom stereocenters. The van der Waals surface area contributed by atoms with Gasteiger partial charge in [-0.05, 0) is 13.8 Å². The summed E-state index contributed by atoms with van der Waals surface area (Å²) in [7, 11) is 1.81. The molecule has 0 aromatic carbocycles. The molecule has 1 N–H and O–H groups in total. The van der Waals surface area contributed by atoms with Gasteiger partial charge >= 0.3 is 0 Å². The molecule has 0 aliphatic carbocycles. The third-order valence-electron chi connectivity index (χ3n) is 1.36. The summed E-state index contributed by atoms with van der Waals surface area (Å²) in [5.74, 6) is 1.03. The lowest BCUT2D eigenvalue weighted by Gasteiger charge is -1.97. The van der Waals surface area contributed by atoms with E-state index in [2.05, 4.69) is 23.3 Å². The predicted octanol–water partition coefficient (Wildman–Crippen LogP) is 1.60. The normalized spacial score (nSPS) is 33.3. The van der Waals surface area contributed by atoms with E-state index in [1.165, 1.54) is 4.91 Å². The molecule has 0 amide bonds. The number of nitrogens with zero attached hydrogens (tertiary/aromatic N) is 1. The van der Waals surface area contributed by atoms with Gasteiger partial charge in [-0.25, -0.2) is 0 Å². The first-order valence-electron chi connectivity index (χ1n) is 3.34. The minimum atomic E-state index is 0.477. The summed E-state index contributed by atoms with van der Waals surface area (Å²) in [4.78, 5) is 5.37. The van der Waals surface area contributed by atoms with Crippen molar-refractivity contribution < 1.29 is 0 Å². The number of hydrogen-bond donors (Lipinski definition) is 1. The molecule has 56 valence electrons. The standard InChI is InChI=1S/C7H12N2S/c1-4-6-7(8-3)9-5(2)10-6/h4-5H,1-3H3,(H,8,9)/b6-4+/t5-/m0/s1. The Hall–Kier alpha value is -0.440. The third kappa shape index (κ3) is 1.34. The number of rotatable bonds is 0. The molecule has 1 aliphatic rings. The van der Waals surface area contributed by atoms with Gasteiger partial charge in [-0.3, -0.25) is 4.99 Å². The van der Waals surface area contributed by atoms with Crippen molar-refractivity contribution in [2.45, 2.75) is 19.2 Å². The van der Waals surface area contributed by atoms with Crippen molar-refractivity contribution in [1.29, 1.82) is 0 Å². The van der Waals surface area contributed by atoms with Gasteiger partial charge in [0.2, 0.25) is 0 Å². The van der Waals surface area contributed by atoms with Crippen LogP contribution in [0.2, 0.25) is 0 Å². The van der Waals surface area contributed by atoms with Crippen molar-refractivity contribution >= 4 is 17.6 Å². The Morgan fingerprint density at radius 1 is 1.70 bits per heavy atom. The Morgan fingerprint density at radius 3 is 2.80 bits per heavy atom. The van der Waals surface area contributed by atoms with E-state index in [1.807, 2.05) is 25.7 Å². The fraction of sp³-hybridized carbons (Fsp3) is 0.571. The number of thioether (sulfide) groups is 1. The van der Waals surface area contributed by atoms with Gasteiger partial charge in [-0.1, -0.05) is 17.8 Å². The summed E-state index contributed by atoms with van der Waals surface area (Å²) in [5.41, 5.74) is 0. The van der Waals surface area contributed by atoms with Gasteiger partial charge in [-0.2, -0.15) is 0 Å². The zero-order chi connectivity index (χ0) is 7.56. The van der Waals surface area contributed by atoms with Gasteiger partial charge in [0.25, 0.3) is 0 Å². The van der Waals surface area contributed by atoms with Crippen LogP contribution in [0.15, 0.2) is 16.0 Å². The van der Waals surface area contributed by atoms with E-state index < -0.39 is 0 Å². The summed E-state index contributed by atoms with van der Waals surface area (Å²) >= 11 is 1.82. The maximum Gasteiger partial charge on any atom is 0.135 e. The Kier molecular flexibility index (Phi) is 2.38. The summed E-state index contributed by atoms with van der Waals surface area (Å²) in [6.07, 6.45) is 2.09. The van der Waals surface area contributed by atoms with Crippen molar-refractivity contribution in [1.82, 2.24) is 5.32 Å². The molecule has 10 heavy (non-hydrogen) atoms. The fourth-order valence-electron chi connectivity index (χ4n) is 0.919. The number of aliphatic imine (C=N–C) groups is 1. The van der Waals surface area contributed by atoms with E-state index in [0.29, 0.717) is 5.37 Å². The fourth-order valence-corrected chi connectivity index (χ4v) is 1.87. The highest BCUT2D eigenvalue weighted by Crippen LogP contribution is 2.26. The molecule has 1 saturated heterocycles. The van der Waals surface area contributed by atoms with Crippen LogP contribution in [-0.4, -0.2) is 18.3 Å². The number of hydrogen-bond acceptors (Lipinski definition) is 2. The topological polar surface area (TPSA) is 24.4 Å². The average Bonchev–Trinajstić information content (AvgIpc) is 2.30. The second-order valence-electron chi connectivity index (χ2n) is 2.13. The lowest BCUT2D eigenvalue weighted by molar-refractivity contribution is 0.917. The molecule has 0 aromatic heterocycles. The lowest BCUT2D eigenvalue weighted by atomic mass is 10.4. The molecular weight excluding hydrogens is 144 g/mol. The van der Waals surface area contributed by atoms with Crippen LogP contribution < -0.4 is 5.32 Å². The molecular formula is C7H12N2S.